The molecule has 15 heavy (non-hydrogen) atoms. The van der Waals surface area contributed by atoms with E-state index in [4.69, 9.17) is 4.74 Å². The smallest absolute Gasteiger partial charge is 0.408 e. The Morgan fingerprint density at radius 1 is 1.33 bits per heavy atom. The number of carbonyl (C=O) groups is 1. The van der Waals surface area contributed by atoms with Crippen LogP contribution in [0.3, 0.4) is 0 Å². The fourth-order valence-corrected chi connectivity index (χ4v) is 1.58. The Morgan fingerprint density at radius 2 is 2.07 bits per heavy atom. The minimum Gasteiger partial charge on any atom is -0.444 e. The molecule has 0 bridgehead atoms. The molecule has 1 aliphatic rings. The highest BCUT2D eigenvalue weighted by molar-refractivity contribution is 5.70. The molecule has 1 aliphatic heterocycles. The van der Waals surface area contributed by atoms with E-state index >= 15 is 0 Å². The Balaban J connectivity index is 2.30. The quantitative estimate of drug-likeness (QED) is 0.776. The van der Waals surface area contributed by atoms with E-state index in [0.29, 0.717) is 5.56 Å². The molecule has 0 saturated carbocycles. The molecule has 1 aromatic carbocycles. The highest BCUT2D eigenvalue weighted by Crippen LogP contribution is 2.25. The van der Waals surface area contributed by atoms with Crippen molar-refractivity contribution in [2.45, 2.75) is 19.1 Å². The van der Waals surface area contributed by atoms with Gasteiger partial charge in [0.25, 0.3) is 0 Å². The second-order valence-electron chi connectivity index (χ2n) is 3.41. The maximum atomic E-state index is 12.9. The minimum atomic E-state index is -0.930. The third-order valence-electron chi connectivity index (χ3n) is 2.34. The Morgan fingerprint density at radius 3 is 2.60 bits per heavy atom. The van der Waals surface area contributed by atoms with Crippen molar-refractivity contribution in [1.82, 2.24) is 5.32 Å². The topological polar surface area (TPSA) is 38.3 Å². The summed E-state index contributed by atoms with van der Waals surface area (Å²) in [5, 5.41) is 2.52. The SMILES string of the molecule is C[C@@H]1OC(=O)NC1c1ccc(F)c(F)c1. The molecule has 1 heterocycles. The van der Waals surface area contributed by atoms with Gasteiger partial charge in [-0.2, -0.15) is 0 Å². The zero-order valence-electron chi connectivity index (χ0n) is 7.96. The number of alkyl carbamates (subject to hydrolysis) is 1. The Hall–Kier alpha value is -1.65. The summed E-state index contributed by atoms with van der Waals surface area (Å²) in [6, 6.07) is 3.09. The molecule has 0 aromatic heterocycles. The average molecular weight is 213 g/mol. The zero-order valence-corrected chi connectivity index (χ0v) is 7.96. The summed E-state index contributed by atoms with van der Waals surface area (Å²) in [7, 11) is 0. The van der Waals surface area contributed by atoms with Gasteiger partial charge in [0.2, 0.25) is 0 Å². The lowest BCUT2D eigenvalue weighted by Crippen LogP contribution is -2.21. The van der Waals surface area contributed by atoms with Crippen molar-refractivity contribution >= 4 is 6.09 Å². The molecule has 5 heteroatoms. The molecular weight excluding hydrogens is 204 g/mol. The summed E-state index contributed by atoms with van der Waals surface area (Å²) < 4.78 is 30.4. The van der Waals surface area contributed by atoms with E-state index in [2.05, 4.69) is 5.32 Å². The average Bonchev–Trinajstić information content (AvgIpc) is 2.50. The Bertz CT molecular complexity index is 408. The third-order valence-corrected chi connectivity index (χ3v) is 2.34. The standard InChI is InChI=1S/C10H9F2NO2/c1-5-9(13-10(14)15-5)6-2-3-7(11)8(12)4-6/h2-5,9H,1H3,(H,13,14)/t5-,9?/m0/s1. The molecule has 1 amide bonds. The van der Waals surface area contributed by atoms with Gasteiger partial charge in [-0.15, -0.1) is 0 Å². The second-order valence-corrected chi connectivity index (χ2v) is 3.41. The van der Waals surface area contributed by atoms with Crippen LogP contribution < -0.4 is 5.32 Å². The van der Waals surface area contributed by atoms with Crippen LogP contribution in [0.4, 0.5) is 13.6 Å². The predicted octanol–water partition coefficient (Wildman–Crippen LogP) is 2.13. The van der Waals surface area contributed by atoms with Crippen molar-refractivity contribution < 1.29 is 18.3 Å². The van der Waals surface area contributed by atoms with Crippen molar-refractivity contribution in [2.24, 2.45) is 0 Å². The fraction of sp³-hybridized carbons (Fsp3) is 0.300. The summed E-state index contributed by atoms with van der Waals surface area (Å²) in [5.74, 6) is -1.84. The molecule has 2 rings (SSSR count). The number of hydrogen-bond acceptors (Lipinski definition) is 2. The van der Waals surface area contributed by atoms with E-state index in [-0.39, 0.29) is 6.10 Å². The van der Waals surface area contributed by atoms with Crippen LogP contribution in [0.5, 0.6) is 0 Å². The van der Waals surface area contributed by atoms with Crippen LogP contribution in [-0.4, -0.2) is 12.2 Å². The number of benzene rings is 1. The molecule has 1 N–H and O–H groups in total. The van der Waals surface area contributed by atoms with E-state index < -0.39 is 23.8 Å². The van der Waals surface area contributed by atoms with Gasteiger partial charge >= 0.3 is 6.09 Å². The second kappa shape index (κ2) is 3.49. The van der Waals surface area contributed by atoms with E-state index in [1.807, 2.05) is 0 Å². The number of nitrogens with one attached hydrogen (secondary N) is 1. The number of cyclic esters (lactones) is 1. The summed E-state index contributed by atoms with van der Waals surface area (Å²) in [6.07, 6.45) is -0.931. The first-order valence-electron chi connectivity index (χ1n) is 4.50. The van der Waals surface area contributed by atoms with E-state index in [9.17, 15) is 13.6 Å². The van der Waals surface area contributed by atoms with Crippen LogP contribution in [0, 0.1) is 11.6 Å². The summed E-state index contributed by atoms with van der Waals surface area (Å²) >= 11 is 0. The molecule has 1 saturated heterocycles. The van der Waals surface area contributed by atoms with Crippen LogP contribution in [-0.2, 0) is 4.74 Å². The maximum Gasteiger partial charge on any atom is 0.408 e. The maximum absolute atomic E-state index is 12.9. The van der Waals surface area contributed by atoms with Crippen molar-refractivity contribution in [2.75, 3.05) is 0 Å². The number of carbonyl (C=O) groups excluding carboxylic acids is 1. The molecule has 1 fully saturated rings. The third kappa shape index (κ3) is 1.77. The first-order chi connectivity index (χ1) is 7.08. The largest absolute Gasteiger partial charge is 0.444 e. The normalized spacial score (nSPS) is 24.9. The Kier molecular flexibility index (Phi) is 2.30. The highest BCUT2D eigenvalue weighted by Gasteiger charge is 2.31. The predicted molar refractivity (Wildman–Crippen MR) is 48.2 cm³/mol. The van der Waals surface area contributed by atoms with Crippen molar-refractivity contribution in [3.8, 4) is 0 Å². The van der Waals surface area contributed by atoms with Gasteiger partial charge in [0.05, 0.1) is 6.04 Å². The molecule has 0 aliphatic carbocycles. The molecule has 3 nitrogen and oxygen atoms in total. The lowest BCUT2D eigenvalue weighted by Gasteiger charge is -2.12. The van der Waals surface area contributed by atoms with Gasteiger partial charge in [0, 0.05) is 0 Å². The van der Waals surface area contributed by atoms with Crippen LogP contribution in [0.1, 0.15) is 18.5 Å². The molecule has 2 atom stereocenters. The Labute approximate surface area is 85.0 Å². The van der Waals surface area contributed by atoms with Crippen molar-refractivity contribution in [1.29, 1.82) is 0 Å². The fourth-order valence-electron chi connectivity index (χ4n) is 1.58. The van der Waals surface area contributed by atoms with Gasteiger partial charge in [0.15, 0.2) is 11.6 Å². The van der Waals surface area contributed by atoms with Crippen molar-refractivity contribution in [3.63, 3.8) is 0 Å². The number of hydrogen-bond donors (Lipinski definition) is 1. The summed E-state index contributed by atoms with van der Waals surface area (Å²) in [5.41, 5.74) is 0.493. The van der Waals surface area contributed by atoms with Gasteiger partial charge < -0.3 is 10.1 Å². The number of ether oxygens (including phenoxy) is 1. The lowest BCUT2D eigenvalue weighted by molar-refractivity contribution is 0.141. The summed E-state index contributed by atoms with van der Waals surface area (Å²) in [6.45, 7) is 1.68. The minimum absolute atomic E-state index is 0.387. The van der Waals surface area contributed by atoms with E-state index in [1.165, 1.54) is 6.07 Å². The van der Waals surface area contributed by atoms with Gasteiger partial charge in [-0.3, -0.25) is 0 Å². The molecule has 1 unspecified atom stereocenters. The monoisotopic (exact) mass is 213 g/mol. The molecule has 80 valence electrons. The van der Waals surface area contributed by atoms with Crippen LogP contribution in [0.2, 0.25) is 0 Å². The van der Waals surface area contributed by atoms with Crippen LogP contribution in [0.15, 0.2) is 18.2 Å². The lowest BCUT2D eigenvalue weighted by atomic mass is 10.0. The van der Waals surface area contributed by atoms with Crippen molar-refractivity contribution in [3.05, 3.63) is 35.4 Å². The summed E-state index contributed by atoms with van der Waals surface area (Å²) in [4.78, 5) is 10.9. The van der Waals surface area contributed by atoms with Gasteiger partial charge in [-0.1, -0.05) is 6.07 Å². The molecule has 0 radical (unpaired) electrons. The number of halogens is 2. The van der Waals surface area contributed by atoms with E-state index in [1.54, 1.807) is 6.92 Å². The molecular formula is C10H9F2NO2. The first kappa shape index (κ1) is 9.89. The first-order valence-corrected chi connectivity index (χ1v) is 4.50. The molecule has 0 spiro atoms. The molecule has 1 aromatic rings. The van der Waals surface area contributed by atoms with Gasteiger partial charge in [-0.25, -0.2) is 13.6 Å². The van der Waals surface area contributed by atoms with Gasteiger partial charge in [0.1, 0.15) is 6.10 Å². The van der Waals surface area contributed by atoms with Crippen LogP contribution in [0.25, 0.3) is 0 Å². The number of rotatable bonds is 1. The highest BCUT2D eigenvalue weighted by atomic mass is 19.2. The van der Waals surface area contributed by atoms with Crippen LogP contribution >= 0.6 is 0 Å². The van der Waals surface area contributed by atoms with E-state index in [0.717, 1.165) is 12.1 Å². The zero-order chi connectivity index (χ0) is 11.0. The number of amides is 1. The van der Waals surface area contributed by atoms with Gasteiger partial charge in [-0.05, 0) is 24.6 Å².